The van der Waals surface area contributed by atoms with Crippen LogP contribution in [0, 0.1) is 0 Å². The van der Waals surface area contributed by atoms with Crippen molar-refractivity contribution < 1.29 is 4.74 Å². The van der Waals surface area contributed by atoms with Gasteiger partial charge in [0.05, 0.1) is 23.0 Å². The molecular weight excluding hydrogens is 304 g/mol. The van der Waals surface area contributed by atoms with Gasteiger partial charge in [-0.3, -0.25) is 0 Å². The van der Waals surface area contributed by atoms with Crippen LogP contribution in [-0.4, -0.2) is 23.3 Å². The molecule has 0 bridgehead atoms. The second-order valence-electron chi connectivity index (χ2n) is 3.86. The van der Waals surface area contributed by atoms with Gasteiger partial charge in [0, 0.05) is 18.1 Å². The summed E-state index contributed by atoms with van der Waals surface area (Å²) < 4.78 is 8.28. The van der Waals surface area contributed by atoms with Gasteiger partial charge in [0.15, 0.2) is 0 Å². The van der Waals surface area contributed by atoms with E-state index in [4.69, 9.17) is 16.3 Å². The van der Waals surface area contributed by atoms with Crippen molar-refractivity contribution in [2.45, 2.75) is 18.8 Å². The van der Waals surface area contributed by atoms with Crippen molar-refractivity contribution in [1.82, 2.24) is 9.55 Å². The first kappa shape index (κ1) is 12.9. The zero-order chi connectivity index (χ0) is 12.4. The molecule has 5 heteroatoms. The van der Waals surface area contributed by atoms with E-state index in [-0.39, 0.29) is 5.38 Å². The van der Waals surface area contributed by atoms with Gasteiger partial charge in [-0.15, -0.1) is 11.6 Å². The first-order valence-electron chi connectivity index (χ1n) is 5.42. The molecule has 0 spiro atoms. The molecule has 1 unspecified atom stereocenters. The molecule has 0 saturated carbocycles. The Morgan fingerprint density at radius 2 is 2.29 bits per heavy atom. The number of benzene rings is 1. The van der Waals surface area contributed by atoms with Crippen LogP contribution in [0.1, 0.15) is 18.1 Å². The van der Waals surface area contributed by atoms with Crippen LogP contribution in [0.5, 0.6) is 0 Å². The Labute approximate surface area is 114 Å². The molecule has 0 aliphatic heterocycles. The van der Waals surface area contributed by atoms with Crippen molar-refractivity contribution >= 4 is 38.6 Å². The first-order valence-corrected chi connectivity index (χ1v) is 6.65. The monoisotopic (exact) mass is 316 g/mol. The highest BCUT2D eigenvalue weighted by molar-refractivity contribution is 9.10. The van der Waals surface area contributed by atoms with Gasteiger partial charge in [0.2, 0.25) is 0 Å². The molecule has 1 aromatic carbocycles. The van der Waals surface area contributed by atoms with E-state index in [1.807, 2.05) is 19.1 Å². The van der Waals surface area contributed by atoms with Gasteiger partial charge in [0.1, 0.15) is 5.82 Å². The van der Waals surface area contributed by atoms with E-state index in [0.29, 0.717) is 6.61 Å². The van der Waals surface area contributed by atoms with Crippen LogP contribution in [0.4, 0.5) is 0 Å². The van der Waals surface area contributed by atoms with Crippen LogP contribution < -0.4 is 0 Å². The van der Waals surface area contributed by atoms with Crippen molar-refractivity contribution in [3.05, 3.63) is 28.5 Å². The van der Waals surface area contributed by atoms with Gasteiger partial charge in [0.25, 0.3) is 0 Å². The highest BCUT2D eigenvalue weighted by Gasteiger charge is 2.14. The summed E-state index contributed by atoms with van der Waals surface area (Å²) in [5.41, 5.74) is 2.05. The third-order valence-corrected chi connectivity index (χ3v) is 3.30. The summed E-state index contributed by atoms with van der Waals surface area (Å²) in [7, 11) is 1.69. The number of nitrogens with zero attached hydrogens (tertiary/aromatic N) is 2. The first-order chi connectivity index (χ1) is 8.13. The maximum atomic E-state index is 6.16. The minimum absolute atomic E-state index is 0.113. The van der Waals surface area contributed by atoms with Gasteiger partial charge >= 0.3 is 0 Å². The summed E-state index contributed by atoms with van der Waals surface area (Å²) in [5.74, 6) is 0.886. The lowest BCUT2D eigenvalue weighted by Crippen LogP contribution is -2.08. The molecule has 2 aromatic rings. The molecule has 0 N–H and O–H groups in total. The fourth-order valence-corrected chi connectivity index (χ4v) is 2.35. The number of ether oxygens (including phenoxy) is 1. The van der Waals surface area contributed by atoms with Crippen LogP contribution >= 0.6 is 27.5 Å². The van der Waals surface area contributed by atoms with E-state index in [9.17, 15) is 0 Å². The quantitative estimate of drug-likeness (QED) is 0.803. The van der Waals surface area contributed by atoms with Gasteiger partial charge < -0.3 is 9.30 Å². The number of fused-ring (bicyclic) bond motifs is 1. The van der Waals surface area contributed by atoms with Crippen molar-refractivity contribution in [2.75, 3.05) is 13.7 Å². The lowest BCUT2D eigenvalue weighted by Gasteiger charge is -2.09. The lowest BCUT2D eigenvalue weighted by atomic mass is 10.3. The number of aromatic nitrogens is 2. The van der Waals surface area contributed by atoms with E-state index < -0.39 is 0 Å². The fraction of sp³-hybridized carbons (Fsp3) is 0.417. The van der Waals surface area contributed by atoms with Crippen molar-refractivity contribution in [3.63, 3.8) is 0 Å². The van der Waals surface area contributed by atoms with Crippen LogP contribution in [0.3, 0.4) is 0 Å². The normalized spacial score (nSPS) is 13.2. The molecule has 1 heterocycles. The van der Waals surface area contributed by atoms with E-state index in [1.165, 1.54) is 0 Å². The zero-order valence-electron chi connectivity index (χ0n) is 9.78. The van der Waals surface area contributed by atoms with Gasteiger partial charge in [-0.05, 0) is 25.1 Å². The number of rotatable bonds is 4. The highest BCUT2D eigenvalue weighted by atomic mass is 79.9. The van der Waals surface area contributed by atoms with Gasteiger partial charge in [-0.25, -0.2) is 4.98 Å². The number of methoxy groups -OCH3 is 1. The molecule has 2 rings (SSSR count). The molecule has 1 atom stereocenters. The van der Waals surface area contributed by atoms with E-state index in [1.54, 1.807) is 7.11 Å². The second-order valence-corrected chi connectivity index (χ2v) is 5.43. The van der Waals surface area contributed by atoms with Crippen molar-refractivity contribution in [1.29, 1.82) is 0 Å². The van der Waals surface area contributed by atoms with Gasteiger partial charge in [-0.2, -0.15) is 0 Å². The van der Waals surface area contributed by atoms with E-state index in [2.05, 4.69) is 31.5 Å². The highest BCUT2D eigenvalue weighted by Crippen LogP contribution is 2.26. The summed E-state index contributed by atoms with van der Waals surface area (Å²) >= 11 is 9.64. The zero-order valence-corrected chi connectivity index (χ0v) is 12.1. The van der Waals surface area contributed by atoms with E-state index in [0.717, 1.165) is 27.9 Å². The minimum atomic E-state index is -0.113. The summed E-state index contributed by atoms with van der Waals surface area (Å²) in [6.07, 6.45) is 0. The molecule has 1 aromatic heterocycles. The summed E-state index contributed by atoms with van der Waals surface area (Å²) in [4.78, 5) is 4.56. The number of imidazole rings is 1. The van der Waals surface area contributed by atoms with Crippen molar-refractivity contribution in [2.24, 2.45) is 0 Å². The molecule has 0 radical (unpaired) electrons. The molecule has 0 aliphatic carbocycles. The Hall–Kier alpha value is -0.580. The number of hydrogen-bond acceptors (Lipinski definition) is 2. The van der Waals surface area contributed by atoms with Crippen LogP contribution in [-0.2, 0) is 11.3 Å². The summed E-state index contributed by atoms with van der Waals surface area (Å²) in [6.45, 7) is 3.34. The molecule has 92 valence electrons. The lowest BCUT2D eigenvalue weighted by molar-refractivity contribution is 0.187. The Morgan fingerprint density at radius 1 is 1.53 bits per heavy atom. The smallest absolute Gasteiger partial charge is 0.127 e. The van der Waals surface area contributed by atoms with Crippen LogP contribution in [0.25, 0.3) is 11.0 Å². The Balaban J connectivity index is 2.56. The Morgan fingerprint density at radius 3 is 2.94 bits per heavy atom. The minimum Gasteiger partial charge on any atom is -0.383 e. The second kappa shape index (κ2) is 5.38. The SMILES string of the molecule is COCCn1c(C(C)Cl)nc2ccc(Br)cc21. The standard InChI is InChI=1S/C12H14BrClN2O/c1-8(14)12-15-10-4-3-9(13)7-11(10)16(12)5-6-17-2/h3-4,7-8H,5-6H2,1-2H3. The molecule has 0 saturated heterocycles. The maximum Gasteiger partial charge on any atom is 0.127 e. The maximum absolute atomic E-state index is 6.16. The van der Waals surface area contributed by atoms with E-state index >= 15 is 0 Å². The van der Waals surface area contributed by atoms with Gasteiger partial charge in [-0.1, -0.05) is 15.9 Å². The topological polar surface area (TPSA) is 27.1 Å². The predicted molar refractivity (Wildman–Crippen MR) is 73.6 cm³/mol. The number of hydrogen-bond donors (Lipinski definition) is 0. The third kappa shape index (κ3) is 2.64. The average Bonchev–Trinajstić information content (AvgIpc) is 2.64. The molecule has 3 nitrogen and oxygen atoms in total. The molecular formula is C12H14BrClN2O. The molecule has 17 heavy (non-hydrogen) atoms. The largest absolute Gasteiger partial charge is 0.383 e. The number of halogens is 2. The molecule has 0 amide bonds. The van der Waals surface area contributed by atoms with Crippen LogP contribution in [0.2, 0.25) is 0 Å². The third-order valence-electron chi connectivity index (χ3n) is 2.61. The average molecular weight is 318 g/mol. The number of alkyl halides is 1. The Bertz CT molecular complexity index is 524. The summed E-state index contributed by atoms with van der Waals surface area (Å²) in [5, 5.41) is -0.113. The molecule has 0 fully saturated rings. The molecule has 0 aliphatic rings. The van der Waals surface area contributed by atoms with Crippen molar-refractivity contribution in [3.8, 4) is 0 Å². The Kier molecular flexibility index (Phi) is 4.07. The summed E-state index contributed by atoms with van der Waals surface area (Å²) in [6, 6.07) is 6.03. The predicted octanol–water partition coefficient (Wildman–Crippen LogP) is 3.75. The fourth-order valence-electron chi connectivity index (χ4n) is 1.84. The van der Waals surface area contributed by atoms with Crippen LogP contribution in [0.15, 0.2) is 22.7 Å².